The number of carbonyl (C=O) groups excluding carboxylic acids is 1. The zero-order valence-electron chi connectivity index (χ0n) is 9.08. The molecule has 0 fully saturated rings. The first-order chi connectivity index (χ1) is 8.48. The van der Waals surface area contributed by atoms with Crippen LogP contribution in [0, 0.1) is 0 Å². The van der Waals surface area contributed by atoms with Crippen molar-refractivity contribution in [2.75, 3.05) is 0 Å². The number of rotatable bonds is 3. The van der Waals surface area contributed by atoms with E-state index in [-0.39, 0.29) is 16.2 Å². The van der Waals surface area contributed by atoms with Crippen LogP contribution in [-0.2, 0) is 9.05 Å². The predicted molar refractivity (Wildman–Crippen MR) is 67.2 cm³/mol. The summed E-state index contributed by atoms with van der Waals surface area (Å²) in [6.45, 7) is 0. The Bertz CT molecular complexity index is 683. The lowest BCUT2D eigenvalue weighted by Gasteiger charge is -2.02. The summed E-state index contributed by atoms with van der Waals surface area (Å²) in [5.41, 5.74) is 0.706. The smallest absolute Gasteiger partial charge is 0.261 e. The van der Waals surface area contributed by atoms with Crippen LogP contribution in [0.2, 0.25) is 0 Å². The van der Waals surface area contributed by atoms with E-state index < -0.39 is 9.05 Å². The first-order valence-electron chi connectivity index (χ1n) is 4.98. The molecule has 18 heavy (non-hydrogen) atoms. The van der Waals surface area contributed by atoms with Crippen molar-refractivity contribution in [2.45, 2.75) is 4.90 Å². The Morgan fingerprint density at radius 1 is 1.06 bits per heavy atom. The molecule has 0 radical (unpaired) electrons. The van der Waals surface area contributed by atoms with Gasteiger partial charge in [-0.15, -0.1) is 0 Å². The van der Waals surface area contributed by atoms with Crippen LogP contribution < -0.4 is 0 Å². The van der Waals surface area contributed by atoms with Crippen molar-refractivity contribution in [1.29, 1.82) is 0 Å². The molecule has 2 rings (SSSR count). The van der Waals surface area contributed by atoms with Gasteiger partial charge in [0.2, 0.25) is 0 Å². The van der Waals surface area contributed by atoms with Gasteiger partial charge in [0.15, 0.2) is 5.78 Å². The second-order valence-electron chi connectivity index (χ2n) is 3.53. The Kier molecular flexibility index (Phi) is 3.45. The molecule has 0 amide bonds. The average Bonchev–Trinajstić information content (AvgIpc) is 2.38. The Morgan fingerprint density at radius 3 is 2.33 bits per heavy atom. The molecule has 92 valence electrons. The summed E-state index contributed by atoms with van der Waals surface area (Å²) < 4.78 is 22.4. The van der Waals surface area contributed by atoms with E-state index in [0.717, 1.165) is 0 Å². The van der Waals surface area contributed by atoms with Crippen molar-refractivity contribution < 1.29 is 13.2 Å². The molecule has 2 aromatic rings. The Morgan fingerprint density at radius 2 is 1.72 bits per heavy atom. The first kappa shape index (κ1) is 12.7. The molecule has 1 aromatic carbocycles. The quantitative estimate of drug-likeness (QED) is 0.639. The third-order valence-electron chi connectivity index (χ3n) is 2.32. The second-order valence-corrected chi connectivity index (χ2v) is 6.10. The highest BCUT2D eigenvalue weighted by molar-refractivity contribution is 8.13. The van der Waals surface area contributed by atoms with E-state index in [1.54, 1.807) is 12.1 Å². The zero-order chi connectivity index (χ0) is 13.2. The largest absolute Gasteiger partial charge is 0.289 e. The fourth-order valence-electron chi connectivity index (χ4n) is 1.46. The summed E-state index contributed by atoms with van der Waals surface area (Å²) in [5.74, 6) is -0.278. The standard InChI is InChI=1S/C12H8ClNO3S/c13-18(16,17)11-3-1-2-10(8-11)12(15)9-4-6-14-7-5-9/h1-8H. The van der Waals surface area contributed by atoms with Crippen molar-refractivity contribution in [3.05, 3.63) is 59.9 Å². The number of pyridine rings is 1. The molecule has 0 saturated carbocycles. The summed E-state index contributed by atoms with van der Waals surface area (Å²) in [7, 11) is 1.40. The fourth-order valence-corrected chi connectivity index (χ4v) is 2.26. The molecule has 0 unspecified atom stereocenters. The fraction of sp³-hybridized carbons (Fsp3) is 0. The van der Waals surface area contributed by atoms with Gasteiger partial charge in [-0.25, -0.2) is 8.42 Å². The number of nitrogens with zero attached hydrogens (tertiary/aromatic N) is 1. The monoisotopic (exact) mass is 281 g/mol. The van der Waals surface area contributed by atoms with Crippen molar-refractivity contribution in [3.8, 4) is 0 Å². The van der Waals surface area contributed by atoms with Crippen LogP contribution in [0.3, 0.4) is 0 Å². The van der Waals surface area contributed by atoms with Gasteiger partial charge in [-0.05, 0) is 24.3 Å². The van der Waals surface area contributed by atoms with E-state index in [9.17, 15) is 13.2 Å². The highest BCUT2D eigenvalue weighted by Crippen LogP contribution is 2.18. The second kappa shape index (κ2) is 4.88. The average molecular weight is 282 g/mol. The first-order valence-corrected chi connectivity index (χ1v) is 7.29. The maximum Gasteiger partial charge on any atom is 0.261 e. The van der Waals surface area contributed by atoms with Gasteiger partial charge in [-0.1, -0.05) is 12.1 Å². The third-order valence-corrected chi connectivity index (χ3v) is 3.67. The molecule has 6 heteroatoms. The van der Waals surface area contributed by atoms with Crippen LogP contribution in [0.4, 0.5) is 0 Å². The SMILES string of the molecule is O=C(c1ccncc1)c1cccc(S(=O)(=O)Cl)c1. The van der Waals surface area contributed by atoms with Crippen LogP contribution in [0.25, 0.3) is 0 Å². The highest BCUT2D eigenvalue weighted by Gasteiger charge is 2.14. The number of hydrogen-bond donors (Lipinski definition) is 0. The lowest BCUT2D eigenvalue weighted by Crippen LogP contribution is -2.02. The van der Waals surface area contributed by atoms with Gasteiger partial charge in [-0.3, -0.25) is 9.78 Å². The summed E-state index contributed by atoms with van der Waals surface area (Å²) in [6.07, 6.45) is 2.99. The van der Waals surface area contributed by atoms with Crippen LogP contribution >= 0.6 is 10.7 Å². The van der Waals surface area contributed by atoms with Crippen molar-refractivity contribution in [2.24, 2.45) is 0 Å². The third kappa shape index (κ3) is 2.75. The van der Waals surface area contributed by atoms with Crippen LogP contribution in [-0.4, -0.2) is 19.2 Å². The number of ketones is 1. The summed E-state index contributed by atoms with van der Waals surface area (Å²) in [6, 6.07) is 8.73. The minimum absolute atomic E-state index is 0.0935. The summed E-state index contributed by atoms with van der Waals surface area (Å²) in [5, 5.41) is 0. The summed E-state index contributed by atoms with van der Waals surface area (Å²) >= 11 is 0. The van der Waals surface area contributed by atoms with Gasteiger partial charge in [0.05, 0.1) is 4.90 Å². The number of carbonyl (C=O) groups is 1. The van der Waals surface area contributed by atoms with E-state index in [1.807, 2.05) is 0 Å². The maximum absolute atomic E-state index is 12.1. The van der Waals surface area contributed by atoms with Gasteiger partial charge in [0.25, 0.3) is 9.05 Å². The lowest BCUT2D eigenvalue weighted by atomic mass is 10.1. The molecule has 0 N–H and O–H groups in total. The number of benzene rings is 1. The number of aromatic nitrogens is 1. The van der Waals surface area contributed by atoms with Crippen LogP contribution in [0.1, 0.15) is 15.9 Å². The van der Waals surface area contributed by atoms with Gasteiger partial charge >= 0.3 is 0 Å². The number of halogens is 1. The van der Waals surface area contributed by atoms with Crippen LogP contribution in [0.15, 0.2) is 53.7 Å². The van der Waals surface area contributed by atoms with Gasteiger partial charge < -0.3 is 0 Å². The molecular weight excluding hydrogens is 274 g/mol. The molecule has 0 atom stereocenters. The minimum Gasteiger partial charge on any atom is -0.289 e. The molecule has 1 aromatic heterocycles. The molecule has 0 spiro atoms. The minimum atomic E-state index is -3.83. The molecular formula is C12H8ClNO3S. The molecule has 0 aliphatic rings. The zero-order valence-corrected chi connectivity index (χ0v) is 10.6. The molecule has 0 aliphatic carbocycles. The molecule has 0 aliphatic heterocycles. The van der Waals surface area contributed by atoms with Crippen molar-refractivity contribution in [3.63, 3.8) is 0 Å². The Labute approximate surface area is 109 Å². The number of hydrogen-bond acceptors (Lipinski definition) is 4. The normalized spacial score (nSPS) is 11.2. The van der Waals surface area contributed by atoms with Gasteiger partial charge in [-0.2, -0.15) is 0 Å². The topological polar surface area (TPSA) is 64.1 Å². The van der Waals surface area contributed by atoms with Crippen LogP contribution in [0.5, 0.6) is 0 Å². The van der Waals surface area contributed by atoms with Gasteiger partial charge in [0, 0.05) is 34.2 Å². The van der Waals surface area contributed by atoms with Crippen molar-refractivity contribution >= 4 is 25.5 Å². The molecule has 4 nitrogen and oxygen atoms in total. The van der Waals surface area contributed by atoms with E-state index >= 15 is 0 Å². The highest BCUT2D eigenvalue weighted by atomic mass is 35.7. The van der Waals surface area contributed by atoms with E-state index in [1.165, 1.54) is 36.7 Å². The summed E-state index contributed by atoms with van der Waals surface area (Å²) in [4.78, 5) is 15.8. The Balaban J connectivity index is 2.44. The van der Waals surface area contributed by atoms with E-state index in [0.29, 0.717) is 5.56 Å². The van der Waals surface area contributed by atoms with Gasteiger partial charge in [0.1, 0.15) is 0 Å². The maximum atomic E-state index is 12.1. The molecule has 0 saturated heterocycles. The molecule has 0 bridgehead atoms. The lowest BCUT2D eigenvalue weighted by molar-refractivity contribution is 0.103. The van der Waals surface area contributed by atoms with Crippen molar-refractivity contribution in [1.82, 2.24) is 4.98 Å². The Hall–Kier alpha value is -1.72. The van der Waals surface area contributed by atoms with E-state index in [4.69, 9.17) is 10.7 Å². The predicted octanol–water partition coefficient (Wildman–Crippen LogP) is 2.24. The molecule has 1 heterocycles. The van der Waals surface area contributed by atoms with E-state index in [2.05, 4.69) is 4.98 Å².